The van der Waals surface area contributed by atoms with Gasteiger partial charge < -0.3 is 59.5 Å². The van der Waals surface area contributed by atoms with E-state index in [9.17, 15) is 33.9 Å². The van der Waals surface area contributed by atoms with Gasteiger partial charge >= 0.3 is 5.97 Å². The van der Waals surface area contributed by atoms with Crippen LogP contribution in [0.4, 0.5) is 0 Å². The van der Waals surface area contributed by atoms with Crippen molar-refractivity contribution < 1.29 is 33.9 Å². The minimum absolute atomic E-state index is 0.0464. The van der Waals surface area contributed by atoms with Crippen LogP contribution < -0.4 is 54.4 Å². The van der Waals surface area contributed by atoms with Crippen LogP contribution in [-0.2, 0) is 28.8 Å². The summed E-state index contributed by atoms with van der Waals surface area (Å²) in [4.78, 5) is 75.6. The summed E-state index contributed by atoms with van der Waals surface area (Å²) < 4.78 is 0. The van der Waals surface area contributed by atoms with Crippen molar-refractivity contribution in [3.63, 3.8) is 0 Å². The summed E-state index contributed by atoms with van der Waals surface area (Å²) in [5, 5.41) is 41.6. The first-order valence-corrected chi connectivity index (χ1v) is 17.6. The lowest BCUT2D eigenvalue weighted by Gasteiger charge is -2.25. The Kier molecular flexibility index (Phi) is 23.0. The van der Waals surface area contributed by atoms with Crippen molar-refractivity contribution in [2.45, 2.75) is 62.7 Å². The average Bonchev–Trinajstić information content (AvgIpc) is 3.01. The standard InChI is InChI=1S/C26H50N12O7S2/c1-46-11-7-16(21(41)34-14-20(40)36-18(24(44)45)6-4-10-33-26(30)31)38-22(42)15(5-3-9-32-25(28)29)37-23(43)17(8-12-47-2)35-19(39)13-27/h15-18H,3-14,27H2,1-2H3,(H,34,41)(H,35,39)(H,36,40)(H,37,43)(H,38,42)(H,44,45)(H4,28,29,32)(H4,30,31,33). The van der Waals surface area contributed by atoms with Crippen molar-refractivity contribution in [1.29, 1.82) is 10.8 Å². The summed E-state index contributed by atoms with van der Waals surface area (Å²) in [6.45, 7) is -0.429. The summed E-state index contributed by atoms with van der Waals surface area (Å²) in [6, 6.07) is -4.44. The first kappa shape index (κ1) is 43.0. The van der Waals surface area contributed by atoms with Crippen molar-refractivity contribution in [3.05, 3.63) is 0 Å². The zero-order valence-corrected chi connectivity index (χ0v) is 28.4. The van der Waals surface area contributed by atoms with E-state index in [-0.39, 0.29) is 57.2 Å². The number of nitrogens with one attached hydrogen (secondary N) is 9. The highest BCUT2D eigenvalue weighted by Gasteiger charge is 2.29. The molecule has 0 aromatic carbocycles. The van der Waals surface area contributed by atoms with E-state index in [4.69, 9.17) is 28.0 Å². The average molecular weight is 707 g/mol. The van der Waals surface area contributed by atoms with Gasteiger partial charge in [-0.05, 0) is 62.5 Å². The number of nitrogens with two attached hydrogens (primary N) is 3. The fourth-order valence-electron chi connectivity index (χ4n) is 3.93. The van der Waals surface area contributed by atoms with Gasteiger partial charge in [0.1, 0.15) is 24.2 Å². The van der Waals surface area contributed by atoms with E-state index < -0.39 is 66.2 Å². The van der Waals surface area contributed by atoms with Gasteiger partial charge in [0.15, 0.2) is 11.9 Å². The molecule has 19 nitrogen and oxygen atoms in total. The first-order valence-electron chi connectivity index (χ1n) is 14.8. The van der Waals surface area contributed by atoms with Gasteiger partial charge in [0, 0.05) is 13.1 Å². The molecule has 0 saturated heterocycles. The van der Waals surface area contributed by atoms with Crippen LogP contribution in [0.1, 0.15) is 38.5 Å². The highest BCUT2D eigenvalue weighted by molar-refractivity contribution is 7.98. The fourth-order valence-corrected chi connectivity index (χ4v) is 4.87. The minimum Gasteiger partial charge on any atom is -0.480 e. The van der Waals surface area contributed by atoms with E-state index in [1.807, 2.05) is 6.26 Å². The topological polar surface area (TPSA) is 333 Å². The predicted molar refractivity (Wildman–Crippen MR) is 182 cm³/mol. The number of carboxylic acid groups (broad SMARTS) is 1. The number of carboxylic acids is 1. The van der Waals surface area contributed by atoms with E-state index in [1.54, 1.807) is 6.26 Å². The molecule has 21 heteroatoms. The van der Waals surface area contributed by atoms with Crippen LogP contribution >= 0.6 is 23.5 Å². The molecule has 0 aliphatic rings. The van der Waals surface area contributed by atoms with Gasteiger partial charge in [0.05, 0.1) is 13.1 Å². The van der Waals surface area contributed by atoms with Crippen LogP contribution in [0.15, 0.2) is 0 Å². The SMILES string of the molecule is CSCCC(NC(=O)CN)C(=O)NC(CCCNC(=N)N)C(=O)NC(CCSC)C(=O)NCC(=O)NC(CCCNC(=N)N)C(=O)O. The van der Waals surface area contributed by atoms with Gasteiger partial charge in [-0.3, -0.25) is 34.8 Å². The third kappa shape index (κ3) is 20.7. The Morgan fingerprint density at radius 2 is 1.06 bits per heavy atom. The lowest BCUT2D eigenvalue weighted by atomic mass is 10.1. The number of carbonyl (C=O) groups excluding carboxylic acids is 5. The molecule has 0 radical (unpaired) electrons. The molecule has 4 unspecified atom stereocenters. The summed E-state index contributed by atoms with van der Waals surface area (Å²) in [5.74, 6) is -4.13. The number of rotatable bonds is 25. The van der Waals surface area contributed by atoms with Crippen molar-refractivity contribution >= 4 is 70.9 Å². The Morgan fingerprint density at radius 3 is 1.49 bits per heavy atom. The van der Waals surface area contributed by atoms with Crippen molar-refractivity contribution in [2.24, 2.45) is 17.2 Å². The molecule has 0 saturated carbocycles. The zero-order valence-electron chi connectivity index (χ0n) is 26.7. The number of amides is 5. The lowest BCUT2D eigenvalue weighted by Crippen LogP contribution is -2.57. The molecule has 16 N–H and O–H groups in total. The molecule has 47 heavy (non-hydrogen) atoms. The normalized spacial score (nSPS) is 13.1. The van der Waals surface area contributed by atoms with Crippen LogP contribution in [0.25, 0.3) is 0 Å². The molecule has 0 fully saturated rings. The van der Waals surface area contributed by atoms with Crippen LogP contribution in [-0.4, -0.2) is 127 Å². The molecule has 4 atom stereocenters. The second-order valence-corrected chi connectivity index (χ2v) is 12.1. The second kappa shape index (κ2) is 25.2. The Morgan fingerprint density at radius 1 is 0.638 bits per heavy atom. The fraction of sp³-hybridized carbons (Fsp3) is 0.692. The molecule has 0 bridgehead atoms. The Hall–Kier alpha value is -3.98. The molecular weight excluding hydrogens is 656 g/mol. The van der Waals surface area contributed by atoms with Gasteiger partial charge in [0.25, 0.3) is 0 Å². The van der Waals surface area contributed by atoms with Gasteiger partial charge in [0.2, 0.25) is 29.5 Å². The molecule has 0 aliphatic heterocycles. The maximum absolute atomic E-state index is 13.4. The molecular formula is C26H50N12O7S2. The monoisotopic (exact) mass is 706 g/mol. The van der Waals surface area contributed by atoms with Gasteiger partial charge in [-0.1, -0.05) is 0 Å². The van der Waals surface area contributed by atoms with E-state index in [0.717, 1.165) is 0 Å². The van der Waals surface area contributed by atoms with E-state index in [0.29, 0.717) is 24.3 Å². The third-order valence-corrected chi connectivity index (χ3v) is 7.64. The number of carbonyl (C=O) groups is 6. The highest BCUT2D eigenvalue weighted by Crippen LogP contribution is 2.07. The van der Waals surface area contributed by atoms with Crippen molar-refractivity contribution in [2.75, 3.05) is 50.2 Å². The lowest BCUT2D eigenvalue weighted by molar-refractivity contribution is -0.142. The molecule has 0 rings (SSSR count). The maximum Gasteiger partial charge on any atom is 0.326 e. The second-order valence-electron chi connectivity index (χ2n) is 10.2. The molecule has 0 spiro atoms. The van der Waals surface area contributed by atoms with Crippen LogP contribution in [0.2, 0.25) is 0 Å². The zero-order chi connectivity index (χ0) is 35.8. The summed E-state index contributed by atoms with van der Waals surface area (Å²) in [5.41, 5.74) is 15.9. The predicted octanol–water partition coefficient (Wildman–Crippen LogP) is -3.88. The smallest absolute Gasteiger partial charge is 0.326 e. The van der Waals surface area contributed by atoms with Gasteiger partial charge in [-0.2, -0.15) is 23.5 Å². The Balaban J connectivity index is 5.60. The third-order valence-electron chi connectivity index (χ3n) is 6.35. The largest absolute Gasteiger partial charge is 0.480 e. The molecule has 5 amide bonds. The summed E-state index contributed by atoms with van der Waals surface area (Å²) >= 11 is 2.88. The Labute approximate surface area is 282 Å². The quantitative estimate of drug-likeness (QED) is 0.0245. The summed E-state index contributed by atoms with van der Waals surface area (Å²) in [6.07, 6.45) is 4.83. The first-order chi connectivity index (χ1) is 22.2. The number of thioether (sulfide) groups is 2. The molecule has 0 heterocycles. The summed E-state index contributed by atoms with van der Waals surface area (Å²) in [7, 11) is 0. The van der Waals surface area contributed by atoms with Crippen LogP contribution in [0.5, 0.6) is 0 Å². The Bertz CT molecular complexity index is 1070. The molecule has 0 aliphatic carbocycles. The van der Waals surface area contributed by atoms with E-state index in [2.05, 4.69) is 37.2 Å². The van der Waals surface area contributed by atoms with Crippen LogP contribution in [0.3, 0.4) is 0 Å². The van der Waals surface area contributed by atoms with Crippen LogP contribution in [0, 0.1) is 10.8 Å². The number of aliphatic carboxylic acids is 1. The highest BCUT2D eigenvalue weighted by atomic mass is 32.2. The van der Waals surface area contributed by atoms with E-state index in [1.165, 1.54) is 23.5 Å². The number of hydrogen-bond acceptors (Lipinski definition) is 11. The van der Waals surface area contributed by atoms with E-state index >= 15 is 0 Å². The molecule has 268 valence electrons. The maximum atomic E-state index is 13.4. The van der Waals surface area contributed by atoms with Crippen molar-refractivity contribution in [1.82, 2.24) is 37.2 Å². The molecule has 0 aromatic heterocycles. The van der Waals surface area contributed by atoms with Crippen molar-refractivity contribution in [3.8, 4) is 0 Å². The molecule has 0 aromatic rings. The van der Waals surface area contributed by atoms with Gasteiger partial charge in [-0.25, -0.2) is 4.79 Å². The minimum atomic E-state index is -1.28. The van der Waals surface area contributed by atoms with Gasteiger partial charge in [-0.15, -0.1) is 0 Å². The number of hydrogen-bond donors (Lipinski definition) is 13. The number of guanidine groups is 2.